The first-order valence-corrected chi connectivity index (χ1v) is 16.0. The first-order chi connectivity index (χ1) is 30.5. The van der Waals surface area contributed by atoms with Gasteiger partial charge in [0.2, 0.25) is 0 Å². The SMILES string of the molecule is [2H]c1c([2H])c([2H])c(-c2cccc(-c3nc(-c4cc5c(c([2H])c4[2H])c4c([2H])c([2H])c([2H])c([2H])c4c4c([2H])c([2H])c([2H])c([2H])c54)nc(-c4cccc5sc6ccccc6c45)n3)c2)c([2H])c1[2H]. The van der Waals surface area contributed by atoms with Crippen molar-refractivity contribution in [1.82, 2.24) is 15.0 Å². The molecule has 4 heteroatoms. The smallest absolute Gasteiger partial charge is 0.164 e. The van der Waals surface area contributed by atoms with E-state index < -0.39 is 90.6 Å². The molecule has 0 aliphatic heterocycles. The fourth-order valence-electron chi connectivity index (χ4n) is 6.27. The summed E-state index contributed by atoms with van der Waals surface area (Å²) in [4.78, 5) is 14.7. The van der Waals surface area contributed by atoms with Crippen LogP contribution >= 0.6 is 11.3 Å². The standard InChI is InChI=1S/C45H27N3S/c1-2-12-28(13-3-1)29-14-10-15-30(26-29)43-46-44(48-45(47-43)38-21-11-23-41-42(38)37-20-8-9-22-40(37)49-41)31-24-25-36-34-18-5-4-16-32(34)33-17-6-7-19-35(33)39(36)27-31/h1-27H/i1D,2D,3D,4D,5D,6D,7D,12D,13D,16D,17D,18D,19D,24D,25D. The predicted octanol–water partition coefficient (Wildman–Crippen LogP) is 12.4. The Bertz CT molecular complexity index is 3690. The second-order valence-corrected chi connectivity index (χ2v) is 12.3. The van der Waals surface area contributed by atoms with Crippen LogP contribution in [0.5, 0.6) is 0 Å². The Kier molecular flexibility index (Phi) is 3.82. The van der Waals surface area contributed by atoms with Gasteiger partial charge in [0.25, 0.3) is 0 Å². The number of nitrogens with zero attached hydrogens (tertiary/aromatic N) is 3. The molecule has 0 N–H and O–H groups in total. The summed E-state index contributed by atoms with van der Waals surface area (Å²) >= 11 is 1.57. The van der Waals surface area contributed by atoms with Gasteiger partial charge in [0.1, 0.15) is 0 Å². The number of fused-ring (bicyclic) bond motifs is 9. The molecule has 0 bridgehead atoms. The van der Waals surface area contributed by atoms with Crippen LogP contribution < -0.4 is 0 Å². The lowest BCUT2D eigenvalue weighted by Gasteiger charge is -2.13. The molecule has 2 heterocycles. The largest absolute Gasteiger partial charge is 0.208 e. The van der Waals surface area contributed by atoms with Crippen LogP contribution in [0.15, 0.2) is 163 Å². The Morgan fingerprint density at radius 2 is 0.980 bits per heavy atom. The van der Waals surface area contributed by atoms with Gasteiger partial charge in [-0.25, -0.2) is 15.0 Å². The first-order valence-electron chi connectivity index (χ1n) is 22.7. The molecule has 0 radical (unpaired) electrons. The molecule has 49 heavy (non-hydrogen) atoms. The monoisotopic (exact) mass is 656 g/mol. The Morgan fingerprint density at radius 3 is 1.76 bits per heavy atom. The number of rotatable bonds is 4. The maximum absolute atomic E-state index is 9.49. The molecule has 10 rings (SSSR count). The van der Waals surface area contributed by atoms with Gasteiger partial charge in [-0.05, 0) is 67.7 Å². The van der Waals surface area contributed by atoms with Gasteiger partial charge in [-0.2, -0.15) is 0 Å². The first kappa shape index (κ1) is 16.7. The van der Waals surface area contributed by atoms with Crippen molar-refractivity contribution in [2.45, 2.75) is 0 Å². The van der Waals surface area contributed by atoms with E-state index in [1.807, 2.05) is 42.5 Å². The van der Waals surface area contributed by atoms with Crippen molar-refractivity contribution >= 4 is 63.8 Å². The lowest BCUT2D eigenvalue weighted by Crippen LogP contribution is -2.00. The molecular weight excluding hydrogens is 615 g/mol. The van der Waals surface area contributed by atoms with E-state index in [9.17, 15) is 2.74 Å². The Labute approximate surface area is 307 Å². The predicted molar refractivity (Wildman–Crippen MR) is 207 cm³/mol. The van der Waals surface area contributed by atoms with Gasteiger partial charge < -0.3 is 0 Å². The molecule has 228 valence electrons. The van der Waals surface area contributed by atoms with Gasteiger partial charge in [0.05, 0.1) is 20.6 Å². The Balaban J connectivity index is 1.33. The van der Waals surface area contributed by atoms with E-state index in [-0.39, 0.29) is 66.5 Å². The van der Waals surface area contributed by atoms with Crippen LogP contribution in [0, 0.1) is 0 Å². The number of thiophene rings is 1. The second kappa shape index (κ2) is 11.2. The highest BCUT2D eigenvalue weighted by Crippen LogP contribution is 2.41. The topological polar surface area (TPSA) is 38.7 Å². The lowest BCUT2D eigenvalue weighted by molar-refractivity contribution is 1.08. The van der Waals surface area contributed by atoms with Crippen LogP contribution in [-0.2, 0) is 0 Å². The summed E-state index contributed by atoms with van der Waals surface area (Å²) in [6.45, 7) is 0. The molecule has 0 aliphatic rings. The van der Waals surface area contributed by atoms with E-state index in [1.54, 1.807) is 35.6 Å². The van der Waals surface area contributed by atoms with E-state index in [1.165, 1.54) is 6.07 Å². The number of aromatic nitrogens is 3. The third-order valence-corrected chi connectivity index (χ3v) is 9.59. The maximum Gasteiger partial charge on any atom is 0.164 e. The molecule has 0 unspecified atom stereocenters. The Morgan fingerprint density at radius 1 is 0.388 bits per heavy atom. The fourth-order valence-corrected chi connectivity index (χ4v) is 7.40. The van der Waals surface area contributed by atoms with Crippen LogP contribution in [0.3, 0.4) is 0 Å². The van der Waals surface area contributed by atoms with Crippen molar-refractivity contribution < 1.29 is 20.6 Å². The molecular formula is C45H27N3S. The minimum atomic E-state index is -0.630. The lowest BCUT2D eigenvalue weighted by atomic mass is 9.93. The van der Waals surface area contributed by atoms with Crippen molar-refractivity contribution in [3.05, 3.63) is 163 Å². The molecule has 0 amide bonds. The normalized spacial score (nSPS) is 16.0. The zero-order valence-corrected chi connectivity index (χ0v) is 26.0. The zero-order valence-electron chi connectivity index (χ0n) is 40.2. The molecule has 0 atom stereocenters. The van der Waals surface area contributed by atoms with Gasteiger partial charge in [-0.3, -0.25) is 0 Å². The molecule has 0 spiro atoms. The summed E-state index contributed by atoms with van der Waals surface area (Å²) < 4.78 is 133. The third-order valence-electron chi connectivity index (χ3n) is 8.45. The summed E-state index contributed by atoms with van der Waals surface area (Å²) in [5.74, 6) is 0.0955. The summed E-state index contributed by atoms with van der Waals surface area (Å²) in [5.41, 5.74) is 1.13. The van der Waals surface area contributed by atoms with Crippen molar-refractivity contribution in [3.8, 4) is 45.3 Å². The van der Waals surface area contributed by atoms with Gasteiger partial charge >= 0.3 is 0 Å². The van der Waals surface area contributed by atoms with Crippen LogP contribution in [0.2, 0.25) is 0 Å². The molecule has 8 aromatic carbocycles. The average Bonchev–Trinajstić information content (AvgIpc) is 3.69. The minimum absolute atomic E-state index is 0.00755. The van der Waals surface area contributed by atoms with Gasteiger partial charge in [0.15, 0.2) is 17.5 Å². The highest BCUT2D eigenvalue weighted by molar-refractivity contribution is 7.25. The summed E-state index contributed by atoms with van der Waals surface area (Å²) in [5, 5.41) is 0.971. The van der Waals surface area contributed by atoms with Crippen molar-refractivity contribution in [3.63, 3.8) is 0 Å². The molecule has 0 aliphatic carbocycles. The van der Waals surface area contributed by atoms with E-state index in [2.05, 4.69) is 0 Å². The Hall–Kier alpha value is -6.23. The maximum atomic E-state index is 9.49. The van der Waals surface area contributed by atoms with Crippen LogP contribution in [0.1, 0.15) is 20.6 Å². The molecule has 0 fully saturated rings. The highest BCUT2D eigenvalue weighted by atomic mass is 32.1. The van der Waals surface area contributed by atoms with E-state index in [0.29, 0.717) is 11.1 Å². The number of hydrogen-bond acceptors (Lipinski definition) is 4. The van der Waals surface area contributed by atoms with E-state index >= 15 is 0 Å². The van der Waals surface area contributed by atoms with Gasteiger partial charge in [-0.1, -0.05) is 139 Å². The summed E-state index contributed by atoms with van der Waals surface area (Å²) in [6, 6.07) is 13.4. The van der Waals surface area contributed by atoms with Crippen molar-refractivity contribution in [1.29, 1.82) is 0 Å². The molecule has 2 aromatic heterocycles. The number of hydrogen-bond donors (Lipinski definition) is 0. The van der Waals surface area contributed by atoms with Gasteiger partial charge in [-0.15, -0.1) is 11.3 Å². The zero-order chi connectivity index (χ0) is 45.4. The average molecular weight is 657 g/mol. The summed E-state index contributed by atoms with van der Waals surface area (Å²) in [6.07, 6.45) is 0. The summed E-state index contributed by atoms with van der Waals surface area (Å²) in [7, 11) is 0. The van der Waals surface area contributed by atoms with Crippen molar-refractivity contribution in [2.24, 2.45) is 0 Å². The molecule has 3 nitrogen and oxygen atoms in total. The molecule has 0 saturated carbocycles. The molecule has 10 aromatic rings. The fraction of sp³-hybridized carbons (Fsp3) is 0. The minimum Gasteiger partial charge on any atom is -0.208 e. The second-order valence-electron chi connectivity index (χ2n) is 11.3. The third kappa shape index (κ3) is 4.61. The van der Waals surface area contributed by atoms with E-state index in [4.69, 9.17) is 32.8 Å². The molecule has 0 saturated heterocycles. The van der Waals surface area contributed by atoms with Crippen LogP contribution in [-0.4, -0.2) is 15.0 Å². The van der Waals surface area contributed by atoms with Crippen molar-refractivity contribution in [2.75, 3.05) is 0 Å². The highest BCUT2D eigenvalue weighted by Gasteiger charge is 2.18. The van der Waals surface area contributed by atoms with Gasteiger partial charge in [0, 0.05) is 36.9 Å². The van der Waals surface area contributed by atoms with E-state index in [0.717, 1.165) is 20.2 Å². The van der Waals surface area contributed by atoms with Crippen LogP contribution in [0.4, 0.5) is 0 Å². The number of benzene rings is 8. The quantitative estimate of drug-likeness (QED) is 0.177. The van der Waals surface area contributed by atoms with Crippen LogP contribution in [0.25, 0.3) is 97.8 Å².